The number of rotatable bonds is 2. The van der Waals surface area contributed by atoms with Gasteiger partial charge in [0.05, 0.1) is 16.2 Å². The van der Waals surface area contributed by atoms with Crippen molar-refractivity contribution in [2.45, 2.75) is 6.18 Å². The van der Waals surface area contributed by atoms with Crippen molar-refractivity contribution in [2.75, 3.05) is 0 Å². The van der Waals surface area contributed by atoms with Crippen LogP contribution in [0.4, 0.5) is 18.9 Å². The first-order chi connectivity index (χ1) is 13.4. The van der Waals surface area contributed by atoms with Crippen LogP contribution in [0.1, 0.15) is 11.1 Å². The van der Waals surface area contributed by atoms with Gasteiger partial charge in [0.1, 0.15) is 0 Å². The summed E-state index contributed by atoms with van der Waals surface area (Å²) >= 11 is 1.02. The summed E-state index contributed by atoms with van der Waals surface area (Å²) in [4.78, 5) is 16.7. The zero-order chi connectivity index (χ0) is 19.7. The van der Waals surface area contributed by atoms with Crippen molar-refractivity contribution in [1.29, 1.82) is 0 Å². The van der Waals surface area contributed by atoms with Gasteiger partial charge in [0.25, 0.3) is 5.91 Å². The summed E-state index contributed by atoms with van der Waals surface area (Å²) in [5.74, 6) is -0.388. The molecule has 1 heterocycles. The van der Waals surface area contributed by atoms with Crippen LogP contribution in [0.5, 0.6) is 0 Å². The second-order valence-electron chi connectivity index (χ2n) is 6.07. The maximum absolute atomic E-state index is 13.1. The van der Waals surface area contributed by atoms with E-state index in [1.54, 1.807) is 6.08 Å². The summed E-state index contributed by atoms with van der Waals surface area (Å²) in [6, 6.07) is 18.5. The van der Waals surface area contributed by atoms with E-state index >= 15 is 0 Å². The summed E-state index contributed by atoms with van der Waals surface area (Å²) in [5, 5.41) is 4.68. The van der Waals surface area contributed by atoms with Crippen molar-refractivity contribution >= 4 is 45.4 Å². The number of nitrogens with zero attached hydrogens (tertiary/aromatic N) is 1. The van der Waals surface area contributed by atoms with Crippen molar-refractivity contribution in [2.24, 2.45) is 4.99 Å². The zero-order valence-corrected chi connectivity index (χ0v) is 15.1. The van der Waals surface area contributed by atoms with Gasteiger partial charge in [-0.3, -0.25) is 4.79 Å². The fraction of sp³-hybridized carbons (Fsp3) is 0.0476. The predicted molar refractivity (Wildman–Crippen MR) is 106 cm³/mol. The van der Waals surface area contributed by atoms with Crippen LogP contribution in [0, 0.1) is 0 Å². The molecule has 3 aromatic carbocycles. The Morgan fingerprint density at radius 1 is 0.929 bits per heavy atom. The van der Waals surface area contributed by atoms with E-state index in [1.807, 2.05) is 42.5 Å². The highest BCUT2D eigenvalue weighted by atomic mass is 32.2. The summed E-state index contributed by atoms with van der Waals surface area (Å²) < 4.78 is 39.4. The third kappa shape index (κ3) is 3.66. The molecule has 0 bridgehead atoms. The Morgan fingerprint density at radius 3 is 2.46 bits per heavy atom. The number of benzene rings is 3. The second-order valence-corrected chi connectivity index (χ2v) is 7.10. The third-order valence-corrected chi connectivity index (χ3v) is 5.10. The van der Waals surface area contributed by atoms with Crippen LogP contribution in [0.15, 0.2) is 76.6 Å². The molecule has 3 aromatic rings. The maximum atomic E-state index is 13.1. The predicted octanol–water partition coefficient (Wildman–Crippen LogP) is 5.75. The highest BCUT2D eigenvalue weighted by Crippen LogP contribution is 2.37. The van der Waals surface area contributed by atoms with E-state index in [-0.39, 0.29) is 16.8 Å². The van der Waals surface area contributed by atoms with Gasteiger partial charge < -0.3 is 5.32 Å². The number of hydrogen-bond acceptors (Lipinski definition) is 3. The number of amides is 1. The summed E-state index contributed by atoms with van der Waals surface area (Å²) in [6.45, 7) is 0. The Morgan fingerprint density at radius 2 is 1.64 bits per heavy atom. The molecule has 1 aliphatic heterocycles. The Labute approximate surface area is 163 Å². The first-order valence-corrected chi connectivity index (χ1v) is 9.17. The fourth-order valence-electron chi connectivity index (χ4n) is 2.92. The zero-order valence-electron chi connectivity index (χ0n) is 14.3. The van der Waals surface area contributed by atoms with E-state index in [1.165, 1.54) is 18.2 Å². The molecule has 0 atom stereocenters. The standard InChI is InChI=1S/C21H13F3N2OS/c22-21(23,24)16-10-3-4-11-17(16)25-20-26-19(27)18(28-20)12-14-8-5-7-13-6-1-2-9-15(13)14/h1-12H,(H,25,26,27)/b18-12+. The number of hydrogen-bond donors (Lipinski definition) is 1. The largest absolute Gasteiger partial charge is 0.418 e. The van der Waals surface area contributed by atoms with Gasteiger partial charge in [-0.15, -0.1) is 0 Å². The van der Waals surface area contributed by atoms with Crippen molar-refractivity contribution in [1.82, 2.24) is 5.32 Å². The molecule has 1 amide bonds. The molecule has 1 aliphatic rings. The molecule has 4 rings (SSSR count). The molecular formula is C21H13F3N2OS. The van der Waals surface area contributed by atoms with E-state index in [9.17, 15) is 18.0 Å². The average molecular weight is 398 g/mol. The lowest BCUT2D eigenvalue weighted by molar-refractivity contribution is -0.137. The highest BCUT2D eigenvalue weighted by Gasteiger charge is 2.34. The molecule has 0 unspecified atom stereocenters. The number of amidine groups is 1. The van der Waals surface area contributed by atoms with Crippen LogP contribution in [0.2, 0.25) is 0 Å². The van der Waals surface area contributed by atoms with Gasteiger partial charge in [-0.1, -0.05) is 54.6 Å². The van der Waals surface area contributed by atoms with Gasteiger partial charge in [0, 0.05) is 0 Å². The van der Waals surface area contributed by atoms with Crippen LogP contribution in [-0.2, 0) is 11.0 Å². The Hall–Kier alpha value is -3.06. The van der Waals surface area contributed by atoms with E-state index in [2.05, 4.69) is 10.3 Å². The van der Waals surface area contributed by atoms with Crippen molar-refractivity contribution < 1.29 is 18.0 Å². The van der Waals surface area contributed by atoms with Gasteiger partial charge >= 0.3 is 6.18 Å². The third-order valence-electron chi connectivity index (χ3n) is 4.19. The molecule has 28 heavy (non-hydrogen) atoms. The number of carbonyl (C=O) groups excluding carboxylic acids is 1. The first-order valence-electron chi connectivity index (χ1n) is 8.35. The summed E-state index contributed by atoms with van der Waals surface area (Å²) in [6.07, 6.45) is -2.80. The lowest BCUT2D eigenvalue weighted by atomic mass is 10.0. The number of alkyl halides is 3. The molecule has 140 valence electrons. The van der Waals surface area contributed by atoms with Crippen molar-refractivity contribution in [3.8, 4) is 0 Å². The molecule has 7 heteroatoms. The minimum atomic E-state index is -4.52. The minimum Gasteiger partial charge on any atom is -0.300 e. The van der Waals surface area contributed by atoms with Crippen LogP contribution in [0.3, 0.4) is 0 Å². The van der Waals surface area contributed by atoms with E-state index < -0.39 is 11.7 Å². The molecule has 0 radical (unpaired) electrons. The van der Waals surface area contributed by atoms with Gasteiger partial charge in [-0.25, -0.2) is 4.99 Å². The van der Waals surface area contributed by atoms with E-state index in [0.717, 1.165) is 34.2 Å². The highest BCUT2D eigenvalue weighted by molar-refractivity contribution is 8.18. The number of thioether (sulfide) groups is 1. The maximum Gasteiger partial charge on any atom is 0.418 e. The molecule has 1 saturated heterocycles. The van der Waals surface area contributed by atoms with Gasteiger partial charge in [0.15, 0.2) is 5.17 Å². The number of carbonyl (C=O) groups is 1. The molecule has 0 saturated carbocycles. The number of aliphatic imine (C=N–C) groups is 1. The smallest absolute Gasteiger partial charge is 0.300 e. The number of halogens is 3. The fourth-order valence-corrected chi connectivity index (χ4v) is 3.74. The number of fused-ring (bicyclic) bond motifs is 1. The average Bonchev–Trinajstić information content (AvgIpc) is 3.00. The Kier molecular flexibility index (Phi) is 4.68. The topological polar surface area (TPSA) is 41.5 Å². The SMILES string of the molecule is O=C1NC(=Nc2ccccc2C(F)(F)F)S/C1=C/c1cccc2ccccc12. The molecule has 0 aromatic heterocycles. The Bertz CT molecular complexity index is 1130. The number of nitrogens with one attached hydrogen (secondary N) is 1. The van der Waals surface area contributed by atoms with Gasteiger partial charge in [-0.2, -0.15) is 13.2 Å². The molecule has 3 nitrogen and oxygen atoms in total. The van der Waals surface area contributed by atoms with Crippen molar-refractivity contribution in [3.05, 3.63) is 82.8 Å². The molecule has 1 N–H and O–H groups in total. The summed E-state index contributed by atoms with van der Waals surface area (Å²) in [7, 11) is 0. The lowest BCUT2D eigenvalue weighted by Crippen LogP contribution is -2.19. The first kappa shape index (κ1) is 18.3. The Balaban J connectivity index is 1.69. The summed E-state index contributed by atoms with van der Waals surface area (Å²) in [5.41, 5.74) is -0.222. The van der Waals surface area contributed by atoms with Crippen LogP contribution < -0.4 is 5.32 Å². The van der Waals surface area contributed by atoms with Crippen molar-refractivity contribution in [3.63, 3.8) is 0 Å². The molecule has 1 fully saturated rings. The van der Waals surface area contributed by atoms with Crippen LogP contribution in [-0.4, -0.2) is 11.1 Å². The van der Waals surface area contributed by atoms with Crippen LogP contribution in [0.25, 0.3) is 16.8 Å². The van der Waals surface area contributed by atoms with Gasteiger partial charge in [0.2, 0.25) is 0 Å². The van der Waals surface area contributed by atoms with E-state index in [0.29, 0.717) is 4.91 Å². The van der Waals surface area contributed by atoms with E-state index in [4.69, 9.17) is 0 Å². The van der Waals surface area contributed by atoms with Gasteiger partial charge in [-0.05, 0) is 46.3 Å². The van der Waals surface area contributed by atoms with Crippen LogP contribution >= 0.6 is 11.8 Å². The minimum absolute atomic E-state index is 0.119. The number of para-hydroxylation sites is 1. The molecular weight excluding hydrogens is 385 g/mol. The quantitative estimate of drug-likeness (QED) is 0.559. The lowest BCUT2D eigenvalue weighted by Gasteiger charge is -2.09. The normalized spacial score (nSPS) is 17.5. The second kappa shape index (κ2) is 7.16. The molecule has 0 spiro atoms. The molecule has 0 aliphatic carbocycles. The monoisotopic (exact) mass is 398 g/mol.